The average Bonchev–Trinajstić information content (AvgIpc) is 2.88. The highest BCUT2D eigenvalue weighted by molar-refractivity contribution is 5.77. The summed E-state index contributed by atoms with van der Waals surface area (Å²) in [5.41, 5.74) is 0. The predicted molar refractivity (Wildman–Crippen MR) is 128 cm³/mol. The van der Waals surface area contributed by atoms with E-state index < -0.39 is 0 Å². The second-order valence-electron chi connectivity index (χ2n) is 8.85. The van der Waals surface area contributed by atoms with Crippen LogP contribution in [0.5, 0.6) is 5.75 Å². The summed E-state index contributed by atoms with van der Waals surface area (Å²) in [4.78, 5) is 36.0. The minimum Gasteiger partial charge on any atom is -0.493 e. The van der Waals surface area contributed by atoms with E-state index in [1.807, 2.05) is 58.3 Å². The number of anilines is 1. The molecule has 176 valence electrons. The third-order valence-electron chi connectivity index (χ3n) is 6.57. The number of rotatable bonds is 8. The lowest BCUT2D eigenvalue weighted by atomic mass is 9.93. The fourth-order valence-electron chi connectivity index (χ4n) is 4.67. The van der Waals surface area contributed by atoms with Crippen LogP contribution in [0.25, 0.3) is 0 Å². The van der Waals surface area contributed by atoms with Gasteiger partial charge in [-0.2, -0.15) is 0 Å². The van der Waals surface area contributed by atoms with E-state index in [-0.39, 0.29) is 11.8 Å². The largest absolute Gasteiger partial charge is 0.493 e. The third-order valence-corrected chi connectivity index (χ3v) is 6.57. The van der Waals surface area contributed by atoms with E-state index in [0.717, 1.165) is 70.1 Å². The van der Waals surface area contributed by atoms with Crippen molar-refractivity contribution in [2.45, 2.75) is 32.1 Å². The van der Waals surface area contributed by atoms with Crippen molar-refractivity contribution < 1.29 is 14.3 Å². The van der Waals surface area contributed by atoms with Crippen molar-refractivity contribution in [3.05, 3.63) is 54.7 Å². The van der Waals surface area contributed by atoms with Crippen molar-refractivity contribution in [3.63, 3.8) is 0 Å². The number of piperidine rings is 1. The van der Waals surface area contributed by atoms with Gasteiger partial charge in [0, 0.05) is 51.9 Å². The van der Waals surface area contributed by atoms with E-state index >= 15 is 0 Å². The quantitative estimate of drug-likeness (QED) is 0.618. The fraction of sp³-hybridized carbons (Fsp3) is 0.500. The Morgan fingerprint density at radius 2 is 1.64 bits per heavy atom. The summed E-state index contributed by atoms with van der Waals surface area (Å²) in [5.74, 6) is 2.55. The van der Waals surface area contributed by atoms with Crippen molar-refractivity contribution in [1.29, 1.82) is 0 Å². The van der Waals surface area contributed by atoms with Gasteiger partial charge in [-0.1, -0.05) is 24.3 Å². The minimum atomic E-state index is 0.146. The van der Waals surface area contributed by atoms with Gasteiger partial charge in [0.1, 0.15) is 11.6 Å². The number of carbonyl (C=O) groups is 2. The van der Waals surface area contributed by atoms with Crippen LogP contribution in [0, 0.1) is 5.92 Å². The van der Waals surface area contributed by atoms with E-state index in [1.54, 1.807) is 6.20 Å². The van der Waals surface area contributed by atoms with Gasteiger partial charge in [-0.15, -0.1) is 0 Å². The van der Waals surface area contributed by atoms with Crippen LogP contribution in [-0.4, -0.2) is 72.5 Å². The minimum absolute atomic E-state index is 0.146. The molecule has 0 unspecified atom stereocenters. The standard InChI is InChI=1S/C26H34N4O3/c31-25(29-18-16-28(17-19-29)24-10-4-5-14-27-24)12-11-22-7-6-15-30(21-22)26(32)13-20-33-23-8-2-1-3-9-23/h1-5,8-10,14,22H,6-7,11-13,15-21H2/t22-/m1/s1. The summed E-state index contributed by atoms with van der Waals surface area (Å²) in [5, 5.41) is 0. The zero-order valence-electron chi connectivity index (χ0n) is 19.3. The number of ether oxygens (including phenoxy) is 1. The number of pyridine rings is 1. The van der Waals surface area contributed by atoms with Gasteiger partial charge in [-0.3, -0.25) is 9.59 Å². The summed E-state index contributed by atoms with van der Waals surface area (Å²) < 4.78 is 5.67. The molecular weight excluding hydrogens is 416 g/mol. The van der Waals surface area contributed by atoms with Crippen LogP contribution in [0.15, 0.2) is 54.7 Å². The topological polar surface area (TPSA) is 66.0 Å². The van der Waals surface area contributed by atoms with Gasteiger partial charge in [0.2, 0.25) is 11.8 Å². The number of aromatic nitrogens is 1. The van der Waals surface area contributed by atoms with Gasteiger partial charge in [0.25, 0.3) is 0 Å². The van der Waals surface area contributed by atoms with Crippen LogP contribution in [0.1, 0.15) is 32.1 Å². The molecule has 7 nitrogen and oxygen atoms in total. The molecule has 7 heteroatoms. The Balaban J connectivity index is 1.15. The molecule has 2 aliphatic heterocycles. The molecule has 2 aliphatic rings. The highest BCUT2D eigenvalue weighted by Gasteiger charge is 2.26. The number of para-hydroxylation sites is 1. The molecule has 33 heavy (non-hydrogen) atoms. The fourth-order valence-corrected chi connectivity index (χ4v) is 4.67. The number of benzene rings is 1. The van der Waals surface area contributed by atoms with Crippen molar-refractivity contribution >= 4 is 17.6 Å². The molecule has 0 bridgehead atoms. The summed E-state index contributed by atoms with van der Waals surface area (Å²) >= 11 is 0. The number of hydrogen-bond acceptors (Lipinski definition) is 5. The molecule has 4 rings (SSSR count). The van der Waals surface area contributed by atoms with Gasteiger partial charge in [0.15, 0.2) is 0 Å². The first-order valence-electron chi connectivity index (χ1n) is 12.1. The molecule has 0 N–H and O–H groups in total. The molecule has 2 aromatic rings. The van der Waals surface area contributed by atoms with Crippen LogP contribution in [-0.2, 0) is 9.59 Å². The Morgan fingerprint density at radius 3 is 2.39 bits per heavy atom. The lowest BCUT2D eigenvalue weighted by molar-refractivity contribution is -0.133. The van der Waals surface area contributed by atoms with Gasteiger partial charge in [-0.05, 0) is 49.4 Å². The first-order chi connectivity index (χ1) is 16.2. The Morgan fingerprint density at radius 1 is 0.879 bits per heavy atom. The van der Waals surface area contributed by atoms with Crippen molar-refractivity contribution in [2.75, 3.05) is 50.8 Å². The second-order valence-corrected chi connectivity index (χ2v) is 8.85. The smallest absolute Gasteiger partial charge is 0.226 e. The van der Waals surface area contributed by atoms with Crippen LogP contribution in [0.2, 0.25) is 0 Å². The molecule has 1 atom stereocenters. The first kappa shape index (κ1) is 23.1. The summed E-state index contributed by atoms with van der Waals surface area (Å²) in [6, 6.07) is 15.5. The molecule has 0 radical (unpaired) electrons. The van der Waals surface area contributed by atoms with Gasteiger partial charge >= 0.3 is 0 Å². The maximum absolute atomic E-state index is 12.8. The molecule has 0 spiro atoms. The highest BCUT2D eigenvalue weighted by atomic mass is 16.5. The number of amides is 2. The summed E-state index contributed by atoms with van der Waals surface area (Å²) in [6.45, 7) is 5.08. The molecular formula is C26H34N4O3. The molecule has 0 saturated carbocycles. The van der Waals surface area contributed by atoms with Crippen molar-refractivity contribution in [3.8, 4) is 5.75 Å². The number of nitrogens with zero attached hydrogens (tertiary/aromatic N) is 4. The Kier molecular flexibility index (Phi) is 8.17. The lowest BCUT2D eigenvalue weighted by Gasteiger charge is -2.36. The van der Waals surface area contributed by atoms with E-state index in [2.05, 4.69) is 9.88 Å². The zero-order chi connectivity index (χ0) is 22.9. The van der Waals surface area contributed by atoms with Crippen LogP contribution in [0.3, 0.4) is 0 Å². The Hall–Kier alpha value is -3.09. The molecule has 1 aromatic carbocycles. The van der Waals surface area contributed by atoms with E-state index in [9.17, 15) is 9.59 Å². The molecule has 0 aliphatic carbocycles. The van der Waals surface area contributed by atoms with E-state index in [1.165, 1.54) is 0 Å². The summed E-state index contributed by atoms with van der Waals surface area (Å²) in [7, 11) is 0. The zero-order valence-corrected chi connectivity index (χ0v) is 19.3. The molecule has 3 heterocycles. The molecule has 2 fully saturated rings. The summed E-state index contributed by atoms with van der Waals surface area (Å²) in [6.07, 6.45) is 5.71. The maximum atomic E-state index is 12.8. The number of likely N-dealkylation sites (tertiary alicyclic amines) is 1. The van der Waals surface area contributed by atoms with Crippen LogP contribution < -0.4 is 9.64 Å². The predicted octanol–water partition coefficient (Wildman–Crippen LogP) is 3.22. The molecule has 2 amide bonds. The number of carbonyl (C=O) groups excluding carboxylic acids is 2. The van der Waals surface area contributed by atoms with E-state index in [4.69, 9.17) is 4.74 Å². The second kappa shape index (κ2) is 11.7. The van der Waals surface area contributed by atoms with Crippen LogP contribution in [0.4, 0.5) is 5.82 Å². The van der Waals surface area contributed by atoms with Crippen molar-refractivity contribution in [2.24, 2.45) is 5.92 Å². The Bertz CT molecular complexity index is 885. The third kappa shape index (κ3) is 6.70. The van der Waals surface area contributed by atoms with Gasteiger partial charge in [-0.25, -0.2) is 4.98 Å². The average molecular weight is 451 g/mol. The maximum Gasteiger partial charge on any atom is 0.226 e. The highest BCUT2D eigenvalue weighted by Crippen LogP contribution is 2.23. The number of piperazine rings is 1. The first-order valence-corrected chi connectivity index (χ1v) is 12.1. The molecule has 2 saturated heterocycles. The van der Waals surface area contributed by atoms with E-state index in [0.29, 0.717) is 25.4 Å². The SMILES string of the molecule is O=C(CC[C@H]1CCCN(C(=O)CCOc2ccccc2)C1)N1CCN(c2ccccn2)CC1. The van der Waals surface area contributed by atoms with Gasteiger partial charge < -0.3 is 19.4 Å². The number of hydrogen-bond donors (Lipinski definition) is 0. The lowest BCUT2D eigenvalue weighted by Crippen LogP contribution is -2.49. The molecule has 1 aromatic heterocycles. The van der Waals surface area contributed by atoms with Gasteiger partial charge in [0.05, 0.1) is 13.0 Å². The monoisotopic (exact) mass is 450 g/mol. The van der Waals surface area contributed by atoms with Crippen LogP contribution >= 0.6 is 0 Å². The Labute approximate surface area is 196 Å². The normalized spacial score (nSPS) is 18.8. The van der Waals surface area contributed by atoms with Crippen molar-refractivity contribution in [1.82, 2.24) is 14.8 Å².